The maximum atomic E-state index is 12.7. The lowest BCUT2D eigenvalue weighted by atomic mass is 10.1. The Morgan fingerprint density at radius 3 is 2.44 bits per heavy atom. The van der Waals surface area contributed by atoms with E-state index in [4.69, 9.17) is 0 Å². The maximum absolute atomic E-state index is 12.7. The average molecular weight is 438 g/mol. The number of aromatic nitrogens is 1. The van der Waals surface area contributed by atoms with Gasteiger partial charge in [-0.3, -0.25) is 4.79 Å². The van der Waals surface area contributed by atoms with Crippen molar-refractivity contribution in [3.05, 3.63) is 106 Å². The van der Waals surface area contributed by atoms with Gasteiger partial charge in [-0.2, -0.15) is 0 Å². The molecular formula is C27H23N3OS. The molecule has 0 unspecified atom stereocenters. The summed E-state index contributed by atoms with van der Waals surface area (Å²) in [5.41, 5.74) is 6.63. The Morgan fingerprint density at radius 2 is 1.66 bits per heavy atom. The zero-order valence-corrected chi connectivity index (χ0v) is 18.8. The molecule has 1 fully saturated rings. The Balaban J connectivity index is 1.51. The van der Waals surface area contributed by atoms with Gasteiger partial charge in [0.05, 0.1) is 10.6 Å². The zero-order valence-electron chi connectivity index (χ0n) is 18.0. The Morgan fingerprint density at radius 1 is 0.938 bits per heavy atom. The van der Waals surface area contributed by atoms with Gasteiger partial charge >= 0.3 is 0 Å². The molecule has 4 aromatic rings. The third-order valence-corrected chi connectivity index (χ3v) is 6.56. The molecular weight excluding hydrogens is 414 g/mol. The van der Waals surface area contributed by atoms with Crippen LogP contribution in [0.25, 0.3) is 17.0 Å². The molecule has 3 aromatic carbocycles. The van der Waals surface area contributed by atoms with Gasteiger partial charge in [0.1, 0.15) is 0 Å². The lowest BCUT2D eigenvalue weighted by Gasteiger charge is -2.08. The first-order valence-corrected chi connectivity index (χ1v) is 11.4. The second-order valence-corrected chi connectivity index (χ2v) is 8.94. The fourth-order valence-corrected chi connectivity index (χ4v) is 4.78. The molecule has 0 spiro atoms. The number of aryl methyl sites for hydroxylation is 1. The number of nitrogens with zero attached hydrogens (tertiary/aromatic N) is 2. The molecule has 2 heterocycles. The molecule has 0 radical (unpaired) electrons. The van der Waals surface area contributed by atoms with Crippen molar-refractivity contribution in [2.75, 3.05) is 0 Å². The van der Waals surface area contributed by atoms with Crippen LogP contribution in [0.2, 0.25) is 0 Å². The van der Waals surface area contributed by atoms with Crippen LogP contribution in [0.15, 0.2) is 88.8 Å². The number of para-hydroxylation sites is 1. The molecule has 32 heavy (non-hydrogen) atoms. The Labute approximate surface area is 191 Å². The number of carbonyl (C=O) groups excluding carboxylic acids is 1. The molecule has 0 saturated carbocycles. The molecule has 1 amide bonds. The van der Waals surface area contributed by atoms with Gasteiger partial charge in [0.2, 0.25) is 0 Å². The van der Waals surface area contributed by atoms with Crippen molar-refractivity contribution in [3.8, 4) is 0 Å². The first-order valence-electron chi connectivity index (χ1n) is 10.6. The van der Waals surface area contributed by atoms with Crippen molar-refractivity contribution < 1.29 is 4.79 Å². The lowest BCUT2D eigenvalue weighted by molar-refractivity contribution is -0.115. The second kappa shape index (κ2) is 8.52. The predicted molar refractivity (Wildman–Crippen MR) is 134 cm³/mol. The summed E-state index contributed by atoms with van der Waals surface area (Å²) in [6.45, 7) is 4.95. The summed E-state index contributed by atoms with van der Waals surface area (Å²) in [6, 6.07) is 26.7. The van der Waals surface area contributed by atoms with Gasteiger partial charge in [0.25, 0.3) is 5.91 Å². The Kier molecular flexibility index (Phi) is 5.41. The van der Waals surface area contributed by atoms with E-state index < -0.39 is 0 Å². The third kappa shape index (κ3) is 3.99. The Bertz CT molecular complexity index is 1370. The summed E-state index contributed by atoms with van der Waals surface area (Å²) in [6.07, 6.45) is 2.00. The number of rotatable bonds is 4. The number of benzene rings is 3. The Hall–Kier alpha value is -3.57. The van der Waals surface area contributed by atoms with Crippen molar-refractivity contribution >= 4 is 45.5 Å². The van der Waals surface area contributed by atoms with E-state index in [0.717, 1.165) is 34.4 Å². The highest BCUT2D eigenvalue weighted by Crippen LogP contribution is 2.33. The number of hydrogen-bond donors (Lipinski definition) is 1. The summed E-state index contributed by atoms with van der Waals surface area (Å²) in [5.74, 6) is -0.111. The molecule has 1 aliphatic rings. The van der Waals surface area contributed by atoms with Gasteiger partial charge < -0.3 is 9.88 Å². The summed E-state index contributed by atoms with van der Waals surface area (Å²) in [7, 11) is 0. The van der Waals surface area contributed by atoms with Crippen LogP contribution in [0.3, 0.4) is 0 Å². The zero-order chi connectivity index (χ0) is 22.1. The molecule has 4 nitrogen and oxygen atoms in total. The third-order valence-electron chi connectivity index (χ3n) is 5.65. The standard InChI is InChI=1S/C27H23N3OS/c1-18-12-14-21(15-13-18)28-27-29-26(31)25(32-27)16-23-19(2)30(17-20-8-4-3-5-9-20)24-11-7-6-10-22(23)24/h3-16H,17H2,1-2H3,(H,28,29,31)/b25-16+. The first kappa shape index (κ1) is 20.3. The number of amides is 1. The highest BCUT2D eigenvalue weighted by atomic mass is 32.2. The van der Waals surface area contributed by atoms with Crippen molar-refractivity contribution in [2.45, 2.75) is 20.4 Å². The molecule has 1 saturated heterocycles. The van der Waals surface area contributed by atoms with Crippen molar-refractivity contribution in [1.82, 2.24) is 9.88 Å². The molecule has 5 rings (SSSR count). The van der Waals surface area contributed by atoms with E-state index in [2.05, 4.69) is 64.3 Å². The van der Waals surface area contributed by atoms with Crippen molar-refractivity contribution in [3.63, 3.8) is 0 Å². The normalized spacial score (nSPS) is 16.2. The van der Waals surface area contributed by atoms with Gasteiger partial charge in [-0.25, -0.2) is 4.99 Å². The van der Waals surface area contributed by atoms with Gasteiger partial charge in [-0.1, -0.05) is 66.2 Å². The smallest absolute Gasteiger partial charge is 0.264 e. The van der Waals surface area contributed by atoms with Crippen LogP contribution < -0.4 is 5.32 Å². The first-order chi connectivity index (χ1) is 15.6. The van der Waals surface area contributed by atoms with Gasteiger partial charge in [0.15, 0.2) is 5.17 Å². The van der Waals surface area contributed by atoms with E-state index in [1.165, 1.54) is 22.9 Å². The molecule has 5 heteroatoms. The molecule has 1 aliphatic heterocycles. The number of nitrogens with one attached hydrogen (secondary N) is 1. The van der Waals surface area contributed by atoms with E-state index >= 15 is 0 Å². The van der Waals surface area contributed by atoms with Gasteiger partial charge in [-0.05, 0) is 55.4 Å². The van der Waals surface area contributed by atoms with Gasteiger partial charge in [0, 0.05) is 28.7 Å². The van der Waals surface area contributed by atoms with Crippen LogP contribution >= 0.6 is 11.8 Å². The second-order valence-electron chi connectivity index (χ2n) is 7.91. The number of carbonyl (C=O) groups is 1. The highest BCUT2D eigenvalue weighted by molar-refractivity contribution is 8.18. The quantitative estimate of drug-likeness (QED) is 0.387. The minimum Gasteiger partial charge on any atom is -0.340 e. The van der Waals surface area contributed by atoms with E-state index in [0.29, 0.717) is 10.1 Å². The summed E-state index contributed by atoms with van der Waals surface area (Å²) < 4.78 is 2.32. The number of fused-ring (bicyclic) bond motifs is 1. The predicted octanol–water partition coefficient (Wildman–Crippen LogP) is 6.20. The van der Waals surface area contributed by atoms with Crippen LogP contribution in [0, 0.1) is 13.8 Å². The summed E-state index contributed by atoms with van der Waals surface area (Å²) in [4.78, 5) is 17.9. The SMILES string of the molecule is Cc1ccc(N=C2NC(=O)/C(=C\c3c(C)n(Cc4ccccc4)c4ccccc34)S2)cc1. The fourth-order valence-electron chi connectivity index (χ4n) is 3.96. The van der Waals surface area contributed by atoms with Crippen LogP contribution in [-0.4, -0.2) is 15.6 Å². The molecule has 0 aliphatic carbocycles. The number of thioether (sulfide) groups is 1. The molecule has 0 bridgehead atoms. The molecule has 1 N–H and O–H groups in total. The number of hydrogen-bond acceptors (Lipinski definition) is 3. The molecule has 0 atom stereocenters. The molecule has 158 valence electrons. The van der Waals surface area contributed by atoms with Crippen LogP contribution in [0.1, 0.15) is 22.4 Å². The average Bonchev–Trinajstić information content (AvgIpc) is 3.28. The summed E-state index contributed by atoms with van der Waals surface area (Å²) in [5, 5.41) is 4.65. The fraction of sp³-hybridized carbons (Fsp3) is 0.111. The van der Waals surface area contributed by atoms with Crippen LogP contribution in [-0.2, 0) is 11.3 Å². The minimum absolute atomic E-state index is 0.111. The lowest BCUT2D eigenvalue weighted by Crippen LogP contribution is -2.19. The van der Waals surface area contributed by atoms with Crippen molar-refractivity contribution in [2.24, 2.45) is 4.99 Å². The van der Waals surface area contributed by atoms with E-state index in [9.17, 15) is 4.79 Å². The van der Waals surface area contributed by atoms with E-state index in [-0.39, 0.29) is 5.91 Å². The highest BCUT2D eigenvalue weighted by Gasteiger charge is 2.25. The monoisotopic (exact) mass is 437 g/mol. The number of aliphatic imine (C=N–C) groups is 1. The van der Waals surface area contributed by atoms with Gasteiger partial charge in [-0.15, -0.1) is 0 Å². The van der Waals surface area contributed by atoms with Crippen molar-refractivity contribution in [1.29, 1.82) is 0 Å². The van der Waals surface area contributed by atoms with E-state index in [1.54, 1.807) is 0 Å². The topological polar surface area (TPSA) is 46.4 Å². The minimum atomic E-state index is -0.111. The molecule has 1 aromatic heterocycles. The van der Waals surface area contributed by atoms with E-state index in [1.807, 2.05) is 49.4 Å². The largest absolute Gasteiger partial charge is 0.340 e. The van der Waals surface area contributed by atoms with Crippen LogP contribution in [0.5, 0.6) is 0 Å². The number of amidine groups is 1. The van der Waals surface area contributed by atoms with Crippen LogP contribution in [0.4, 0.5) is 5.69 Å². The summed E-state index contributed by atoms with van der Waals surface area (Å²) >= 11 is 1.38. The maximum Gasteiger partial charge on any atom is 0.264 e.